The van der Waals surface area contributed by atoms with E-state index in [9.17, 15) is 0 Å². The van der Waals surface area contributed by atoms with Gasteiger partial charge in [0.15, 0.2) is 17.3 Å². The molecule has 4 rings (SSSR count). The third-order valence-corrected chi connectivity index (χ3v) is 5.56. The van der Waals surface area contributed by atoms with Crippen molar-refractivity contribution in [2.45, 2.75) is 32.4 Å². The van der Waals surface area contributed by atoms with Crippen molar-refractivity contribution in [2.24, 2.45) is 0 Å². The van der Waals surface area contributed by atoms with E-state index < -0.39 is 0 Å². The normalized spacial score (nSPS) is 16.7. The number of ether oxygens (including phenoxy) is 2. The lowest BCUT2D eigenvalue weighted by Crippen LogP contribution is -2.23. The van der Waals surface area contributed by atoms with Crippen LogP contribution < -0.4 is 9.47 Å². The van der Waals surface area contributed by atoms with Gasteiger partial charge in [-0.05, 0) is 44.0 Å². The second kappa shape index (κ2) is 8.62. The van der Waals surface area contributed by atoms with Crippen molar-refractivity contribution in [1.29, 1.82) is 0 Å². The molecule has 1 unspecified atom stereocenters. The van der Waals surface area contributed by atoms with E-state index in [4.69, 9.17) is 9.47 Å². The van der Waals surface area contributed by atoms with Gasteiger partial charge in [-0.15, -0.1) is 0 Å². The predicted octanol–water partition coefficient (Wildman–Crippen LogP) is 4.81. The van der Waals surface area contributed by atoms with Crippen LogP contribution in [0.3, 0.4) is 0 Å². The zero-order chi connectivity index (χ0) is 20.2. The van der Waals surface area contributed by atoms with E-state index in [1.54, 1.807) is 14.2 Å². The Morgan fingerprint density at radius 1 is 0.966 bits per heavy atom. The molecule has 0 aliphatic carbocycles. The van der Waals surface area contributed by atoms with Gasteiger partial charge in [-0.1, -0.05) is 35.9 Å². The van der Waals surface area contributed by atoms with Crippen molar-refractivity contribution in [3.63, 3.8) is 0 Å². The fourth-order valence-corrected chi connectivity index (χ4v) is 3.98. The number of hydrogen-bond acceptors (Lipinski definition) is 5. The number of likely N-dealkylation sites (tertiary alicyclic amines) is 1. The smallest absolute Gasteiger partial charge is 0.161 e. The van der Waals surface area contributed by atoms with E-state index in [1.165, 1.54) is 17.5 Å². The summed E-state index contributed by atoms with van der Waals surface area (Å²) in [7, 11) is 3.35. The molecule has 2 heterocycles. The third-order valence-electron chi connectivity index (χ3n) is 5.56. The molecule has 1 aliphatic heterocycles. The molecular formula is C24H27N3O2. The summed E-state index contributed by atoms with van der Waals surface area (Å²) in [6, 6.07) is 14.9. The highest BCUT2D eigenvalue weighted by molar-refractivity contribution is 5.55. The zero-order valence-corrected chi connectivity index (χ0v) is 17.3. The summed E-state index contributed by atoms with van der Waals surface area (Å²) in [6.45, 7) is 3.99. The van der Waals surface area contributed by atoms with Crippen LogP contribution in [0.15, 0.2) is 54.9 Å². The predicted molar refractivity (Wildman–Crippen MR) is 114 cm³/mol. The number of nitrogens with zero attached hydrogens (tertiary/aromatic N) is 3. The molecular weight excluding hydrogens is 362 g/mol. The minimum absolute atomic E-state index is 0.367. The van der Waals surface area contributed by atoms with Gasteiger partial charge in [-0.2, -0.15) is 0 Å². The standard InChI is InChI=1S/C24H27N3O2/c1-17-6-8-19(9-7-17)24-25-14-18(15-26-24)16-27-12-4-5-21(27)20-10-11-22(28-2)23(13-20)29-3/h6-11,13-15,21H,4-5,12,16H2,1-3H3. The monoisotopic (exact) mass is 389 g/mol. The van der Waals surface area contributed by atoms with Crippen LogP contribution in [0.4, 0.5) is 0 Å². The molecule has 2 aromatic carbocycles. The zero-order valence-electron chi connectivity index (χ0n) is 17.3. The van der Waals surface area contributed by atoms with Crippen molar-refractivity contribution in [1.82, 2.24) is 14.9 Å². The van der Waals surface area contributed by atoms with E-state index in [1.807, 2.05) is 18.5 Å². The SMILES string of the molecule is COc1ccc(C2CCCN2Cc2cnc(-c3ccc(C)cc3)nc2)cc1OC. The van der Waals surface area contributed by atoms with Gasteiger partial charge in [-0.3, -0.25) is 4.90 Å². The number of rotatable bonds is 6. The fourth-order valence-electron chi connectivity index (χ4n) is 3.98. The van der Waals surface area contributed by atoms with Crippen molar-refractivity contribution >= 4 is 0 Å². The van der Waals surface area contributed by atoms with Crippen LogP contribution in [-0.2, 0) is 6.54 Å². The summed E-state index contributed by atoms with van der Waals surface area (Å²) in [4.78, 5) is 11.7. The summed E-state index contributed by atoms with van der Waals surface area (Å²) < 4.78 is 10.9. The van der Waals surface area contributed by atoms with Gasteiger partial charge in [0.25, 0.3) is 0 Å². The number of benzene rings is 2. The fraction of sp³-hybridized carbons (Fsp3) is 0.333. The average molecular weight is 389 g/mol. The highest BCUT2D eigenvalue weighted by atomic mass is 16.5. The molecule has 0 N–H and O–H groups in total. The van der Waals surface area contributed by atoms with Crippen LogP contribution in [0.1, 0.15) is 35.6 Å². The molecule has 150 valence electrons. The second-order valence-electron chi connectivity index (χ2n) is 7.52. The first-order valence-corrected chi connectivity index (χ1v) is 10.0. The highest BCUT2D eigenvalue weighted by Crippen LogP contribution is 2.37. The Kier molecular flexibility index (Phi) is 5.76. The minimum atomic E-state index is 0.367. The summed E-state index contributed by atoms with van der Waals surface area (Å²) in [5, 5.41) is 0. The Morgan fingerprint density at radius 3 is 2.38 bits per heavy atom. The van der Waals surface area contributed by atoms with Crippen LogP contribution in [0.25, 0.3) is 11.4 Å². The average Bonchev–Trinajstić information content (AvgIpc) is 3.22. The summed E-state index contributed by atoms with van der Waals surface area (Å²) >= 11 is 0. The van der Waals surface area contributed by atoms with Crippen LogP contribution in [0, 0.1) is 6.92 Å². The Balaban J connectivity index is 1.49. The van der Waals surface area contributed by atoms with Crippen LogP contribution >= 0.6 is 0 Å². The maximum atomic E-state index is 5.49. The molecule has 0 amide bonds. The first-order valence-electron chi connectivity index (χ1n) is 10.0. The molecule has 1 atom stereocenters. The lowest BCUT2D eigenvalue weighted by Gasteiger charge is -2.25. The molecule has 5 nitrogen and oxygen atoms in total. The third kappa shape index (κ3) is 4.25. The van der Waals surface area contributed by atoms with E-state index in [-0.39, 0.29) is 0 Å². The Bertz CT molecular complexity index is 955. The molecule has 0 saturated carbocycles. The van der Waals surface area contributed by atoms with E-state index in [0.717, 1.165) is 48.0 Å². The van der Waals surface area contributed by atoms with Gasteiger partial charge in [0.05, 0.1) is 14.2 Å². The molecule has 0 spiro atoms. The molecule has 1 aromatic heterocycles. The Hall–Kier alpha value is -2.92. The first kappa shape index (κ1) is 19.4. The van der Waals surface area contributed by atoms with Crippen molar-refractivity contribution in [3.05, 3.63) is 71.5 Å². The van der Waals surface area contributed by atoms with Crippen LogP contribution in [0.5, 0.6) is 11.5 Å². The Morgan fingerprint density at radius 2 is 1.69 bits per heavy atom. The van der Waals surface area contributed by atoms with Gasteiger partial charge < -0.3 is 9.47 Å². The quantitative estimate of drug-likeness (QED) is 0.606. The number of aromatic nitrogens is 2. The lowest BCUT2D eigenvalue weighted by molar-refractivity contribution is 0.247. The molecule has 1 saturated heterocycles. The molecule has 0 radical (unpaired) electrons. The summed E-state index contributed by atoms with van der Waals surface area (Å²) in [5.74, 6) is 2.31. The molecule has 29 heavy (non-hydrogen) atoms. The van der Waals surface area contributed by atoms with Crippen LogP contribution in [-0.4, -0.2) is 35.6 Å². The van der Waals surface area contributed by atoms with Crippen molar-refractivity contribution < 1.29 is 9.47 Å². The summed E-state index contributed by atoms with van der Waals surface area (Å²) in [6.07, 6.45) is 6.22. The minimum Gasteiger partial charge on any atom is -0.493 e. The molecule has 5 heteroatoms. The first-order chi connectivity index (χ1) is 14.2. The van der Waals surface area contributed by atoms with E-state index in [2.05, 4.69) is 58.2 Å². The maximum Gasteiger partial charge on any atom is 0.161 e. The van der Waals surface area contributed by atoms with Crippen molar-refractivity contribution in [2.75, 3.05) is 20.8 Å². The number of methoxy groups -OCH3 is 2. The van der Waals surface area contributed by atoms with Gasteiger partial charge in [0, 0.05) is 36.1 Å². The number of aryl methyl sites for hydroxylation is 1. The molecule has 3 aromatic rings. The van der Waals surface area contributed by atoms with Gasteiger partial charge in [0.1, 0.15) is 0 Å². The van der Waals surface area contributed by atoms with E-state index >= 15 is 0 Å². The second-order valence-corrected chi connectivity index (χ2v) is 7.52. The molecule has 1 aliphatic rings. The van der Waals surface area contributed by atoms with Crippen molar-refractivity contribution in [3.8, 4) is 22.9 Å². The van der Waals surface area contributed by atoms with Gasteiger partial charge >= 0.3 is 0 Å². The number of hydrogen-bond donors (Lipinski definition) is 0. The van der Waals surface area contributed by atoms with Gasteiger partial charge in [0.2, 0.25) is 0 Å². The lowest BCUT2D eigenvalue weighted by atomic mass is 10.0. The molecule has 1 fully saturated rings. The summed E-state index contributed by atoms with van der Waals surface area (Å²) in [5.41, 5.74) is 4.68. The van der Waals surface area contributed by atoms with Crippen LogP contribution in [0.2, 0.25) is 0 Å². The maximum absolute atomic E-state index is 5.49. The molecule has 0 bridgehead atoms. The van der Waals surface area contributed by atoms with E-state index in [0.29, 0.717) is 6.04 Å². The highest BCUT2D eigenvalue weighted by Gasteiger charge is 2.27. The topological polar surface area (TPSA) is 47.5 Å². The largest absolute Gasteiger partial charge is 0.493 e. The Labute approximate surface area is 172 Å². The van der Waals surface area contributed by atoms with Gasteiger partial charge in [-0.25, -0.2) is 9.97 Å².